The fourth-order valence-electron chi connectivity index (χ4n) is 2.27. The highest BCUT2D eigenvalue weighted by molar-refractivity contribution is 5.96. The third-order valence-electron chi connectivity index (χ3n) is 3.05. The van der Waals surface area contributed by atoms with Gasteiger partial charge in [0.25, 0.3) is 5.91 Å². The number of fused-ring (bicyclic) bond motifs is 2. The van der Waals surface area contributed by atoms with Gasteiger partial charge in [-0.25, -0.2) is 4.63 Å². The van der Waals surface area contributed by atoms with Crippen molar-refractivity contribution in [3.05, 3.63) is 5.69 Å². The molecule has 1 amide bonds. The molecule has 2 atom stereocenters. The standard InChI is InChI=1S/C9H12N4O3/c10-8-7(11-16-12-8)9(14)13-3-5-1-2-6(4-13)15-5/h5-6H,1-4H2,(H2,10,12). The van der Waals surface area contributed by atoms with E-state index < -0.39 is 0 Å². The van der Waals surface area contributed by atoms with Crippen LogP contribution in [-0.4, -0.2) is 46.4 Å². The van der Waals surface area contributed by atoms with Crippen molar-refractivity contribution in [1.82, 2.24) is 15.2 Å². The molecule has 2 aliphatic heterocycles. The number of nitrogen functional groups attached to an aromatic ring is 1. The zero-order valence-corrected chi connectivity index (χ0v) is 8.63. The molecule has 0 saturated carbocycles. The van der Waals surface area contributed by atoms with E-state index in [4.69, 9.17) is 10.5 Å². The minimum atomic E-state index is -0.223. The predicted octanol–water partition coefficient (Wildman–Crippen LogP) is -0.345. The quantitative estimate of drug-likeness (QED) is 0.701. The van der Waals surface area contributed by atoms with E-state index in [0.29, 0.717) is 13.1 Å². The van der Waals surface area contributed by atoms with Crippen LogP contribution in [-0.2, 0) is 4.74 Å². The summed E-state index contributed by atoms with van der Waals surface area (Å²) in [6.07, 6.45) is 2.34. The minimum Gasteiger partial charge on any atom is -0.379 e. The third kappa shape index (κ3) is 1.44. The average Bonchev–Trinajstić information content (AvgIpc) is 2.84. The van der Waals surface area contributed by atoms with Gasteiger partial charge < -0.3 is 15.4 Å². The summed E-state index contributed by atoms with van der Waals surface area (Å²) in [5, 5.41) is 6.92. The van der Waals surface area contributed by atoms with E-state index >= 15 is 0 Å². The van der Waals surface area contributed by atoms with Crippen LogP contribution in [0.1, 0.15) is 23.3 Å². The zero-order chi connectivity index (χ0) is 11.1. The summed E-state index contributed by atoms with van der Waals surface area (Å²) >= 11 is 0. The van der Waals surface area contributed by atoms with Crippen LogP contribution in [0, 0.1) is 0 Å². The summed E-state index contributed by atoms with van der Waals surface area (Å²) < 4.78 is 10.1. The Hall–Kier alpha value is -1.63. The SMILES string of the molecule is Nc1nonc1C(=O)N1CC2CCC(C1)O2. The number of morpholine rings is 1. The van der Waals surface area contributed by atoms with Gasteiger partial charge in [-0.15, -0.1) is 0 Å². The molecule has 0 radical (unpaired) electrons. The third-order valence-corrected chi connectivity index (χ3v) is 3.05. The molecular weight excluding hydrogens is 212 g/mol. The summed E-state index contributed by atoms with van der Waals surface area (Å²) in [6.45, 7) is 1.20. The Morgan fingerprint density at radius 3 is 2.56 bits per heavy atom. The molecule has 7 heteroatoms. The van der Waals surface area contributed by atoms with Gasteiger partial charge in [0.2, 0.25) is 11.5 Å². The van der Waals surface area contributed by atoms with E-state index in [9.17, 15) is 4.79 Å². The molecule has 3 rings (SSSR count). The maximum atomic E-state index is 12.0. The Morgan fingerprint density at radius 1 is 1.31 bits per heavy atom. The first-order chi connectivity index (χ1) is 7.74. The number of rotatable bonds is 1. The molecule has 2 saturated heterocycles. The van der Waals surface area contributed by atoms with Crippen LogP contribution < -0.4 is 5.73 Å². The van der Waals surface area contributed by atoms with E-state index in [1.165, 1.54) is 0 Å². The topological polar surface area (TPSA) is 94.5 Å². The fourth-order valence-corrected chi connectivity index (χ4v) is 2.27. The van der Waals surface area contributed by atoms with E-state index in [-0.39, 0.29) is 29.6 Å². The maximum absolute atomic E-state index is 12.0. The van der Waals surface area contributed by atoms with Gasteiger partial charge in [0.1, 0.15) is 0 Å². The number of likely N-dealkylation sites (tertiary alicyclic amines) is 1. The smallest absolute Gasteiger partial charge is 0.280 e. The molecule has 16 heavy (non-hydrogen) atoms. The van der Waals surface area contributed by atoms with Crippen LogP contribution in [0.15, 0.2) is 4.63 Å². The Bertz CT molecular complexity index is 407. The number of hydrogen-bond donors (Lipinski definition) is 1. The maximum Gasteiger partial charge on any atom is 0.280 e. The van der Waals surface area contributed by atoms with Gasteiger partial charge in [-0.05, 0) is 23.2 Å². The van der Waals surface area contributed by atoms with Gasteiger partial charge in [-0.3, -0.25) is 4.79 Å². The second-order valence-corrected chi connectivity index (χ2v) is 4.17. The van der Waals surface area contributed by atoms with E-state index in [1.54, 1.807) is 4.90 Å². The number of aromatic nitrogens is 2. The number of nitrogens with zero attached hydrogens (tertiary/aromatic N) is 3. The molecule has 1 aromatic rings. The Kier molecular flexibility index (Phi) is 2.06. The molecule has 2 N–H and O–H groups in total. The molecule has 1 aromatic heterocycles. The van der Waals surface area contributed by atoms with Gasteiger partial charge in [0, 0.05) is 13.1 Å². The zero-order valence-electron chi connectivity index (χ0n) is 8.63. The molecule has 2 fully saturated rings. The van der Waals surface area contributed by atoms with Crippen molar-refractivity contribution in [3.63, 3.8) is 0 Å². The Labute approximate surface area is 91.5 Å². The Balaban J connectivity index is 1.79. The highest BCUT2D eigenvalue weighted by Crippen LogP contribution is 2.27. The molecule has 0 spiro atoms. The number of carbonyl (C=O) groups excluding carboxylic acids is 1. The van der Waals surface area contributed by atoms with Gasteiger partial charge in [-0.1, -0.05) is 0 Å². The number of nitrogens with two attached hydrogens (primary N) is 1. The van der Waals surface area contributed by atoms with Crippen molar-refractivity contribution in [2.45, 2.75) is 25.0 Å². The second kappa shape index (κ2) is 3.44. The lowest BCUT2D eigenvalue weighted by atomic mass is 10.2. The molecule has 2 aliphatic rings. The van der Waals surface area contributed by atoms with Gasteiger partial charge in [0.15, 0.2) is 0 Å². The average molecular weight is 224 g/mol. The summed E-state index contributed by atoms with van der Waals surface area (Å²) in [7, 11) is 0. The van der Waals surface area contributed by atoms with E-state index in [0.717, 1.165) is 12.8 Å². The van der Waals surface area contributed by atoms with Crippen LogP contribution in [0.5, 0.6) is 0 Å². The van der Waals surface area contributed by atoms with Crippen molar-refractivity contribution in [2.75, 3.05) is 18.8 Å². The van der Waals surface area contributed by atoms with Gasteiger partial charge in [-0.2, -0.15) is 0 Å². The molecule has 2 bridgehead atoms. The molecule has 86 valence electrons. The van der Waals surface area contributed by atoms with Crippen LogP contribution in [0.3, 0.4) is 0 Å². The molecule has 0 aliphatic carbocycles. The molecule has 2 unspecified atom stereocenters. The normalized spacial score (nSPS) is 28.4. The first-order valence-electron chi connectivity index (χ1n) is 5.27. The summed E-state index contributed by atoms with van der Waals surface area (Å²) in [6, 6.07) is 0. The first kappa shape index (κ1) is 9.59. The van der Waals surface area contributed by atoms with Crippen molar-refractivity contribution < 1.29 is 14.2 Å². The fraction of sp³-hybridized carbons (Fsp3) is 0.667. The monoisotopic (exact) mass is 224 g/mol. The predicted molar refractivity (Wildman–Crippen MR) is 52.5 cm³/mol. The van der Waals surface area contributed by atoms with Crippen molar-refractivity contribution >= 4 is 11.7 Å². The number of hydrogen-bond acceptors (Lipinski definition) is 6. The number of carbonyl (C=O) groups is 1. The van der Waals surface area contributed by atoms with Crippen LogP contribution in [0.25, 0.3) is 0 Å². The van der Waals surface area contributed by atoms with Crippen molar-refractivity contribution in [3.8, 4) is 0 Å². The minimum absolute atomic E-state index is 0.0452. The lowest BCUT2D eigenvalue weighted by Crippen LogP contribution is -2.46. The summed E-state index contributed by atoms with van der Waals surface area (Å²) in [4.78, 5) is 13.7. The molecule has 7 nitrogen and oxygen atoms in total. The van der Waals surface area contributed by atoms with E-state index in [1.807, 2.05) is 0 Å². The van der Waals surface area contributed by atoms with E-state index in [2.05, 4.69) is 14.9 Å². The number of anilines is 1. The lowest BCUT2D eigenvalue weighted by molar-refractivity contribution is -0.0306. The molecule has 3 heterocycles. The highest BCUT2D eigenvalue weighted by Gasteiger charge is 2.37. The van der Waals surface area contributed by atoms with Crippen molar-refractivity contribution in [2.24, 2.45) is 0 Å². The Morgan fingerprint density at radius 2 is 2.00 bits per heavy atom. The molecular formula is C9H12N4O3. The van der Waals surface area contributed by atoms with Crippen LogP contribution in [0.4, 0.5) is 5.82 Å². The van der Waals surface area contributed by atoms with Gasteiger partial charge in [0.05, 0.1) is 12.2 Å². The first-order valence-corrected chi connectivity index (χ1v) is 5.27. The number of ether oxygens (including phenoxy) is 1. The second-order valence-electron chi connectivity index (χ2n) is 4.17. The van der Waals surface area contributed by atoms with Gasteiger partial charge >= 0.3 is 0 Å². The highest BCUT2D eigenvalue weighted by atomic mass is 16.6. The van der Waals surface area contributed by atoms with Crippen molar-refractivity contribution in [1.29, 1.82) is 0 Å². The summed E-state index contributed by atoms with van der Waals surface area (Å²) in [5.41, 5.74) is 5.59. The van der Waals surface area contributed by atoms with Crippen LogP contribution >= 0.6 is 0 Å². The van der Waals surface area contributed by atoms with Crippen LogP contribution in [0.2, 0.25) is 0 Å². The summed E-state index contributed by atoms with van der Waals surface area (Å²) in [5.74, 6) is -0.178. The molecule has 0 aromatic carbocycles. The number of amides is 1. The lowest BCUT2D eigenvalue weighted by Gasteiger charge is -2.31. The largest absolute Gasteiger partial charge is 0.379 e.